The number of methoxy groups -OCH3 is 1. The zero-order valence-electron chi connectivity index (χ0n) is 11.5. The third kappa shape index (κ3) is 2.50. The molecule has 0 aromatic heterocycles. The molecule has 1 heterocycles. The quantitative estimate of drug-likeness (QED) is 0.779. The summed E-state index contributed by atoms with van der Waals surface area (Å²) in [4.78, 5) is 4.97. The molecule has 100 valence electrons. The summed E-state index contributed by atoms with van der Waals surface area (Å²) in [7, 11) is 6.18. The molecule has 1 saturated carbocycles. The van der Waals surface area contributed by atoms with E-state index in [-0.39, 0.29) is 5.54 Å². The van der Waals surface area contributed by atoms with Gasteiger partial charge in [0, 0.05) is 38.3 Å². The van der Waals surface area contributed by atoms with Crippen LogP contribution in [0.4, 0.5) is 0 Å². The van der Waals surface area contributed by atoms with Crippen molar-refractivity contribution >= 4 is 0 Å². The summed E-state index contributed by atoms with van der Waals surface area (Å²) in [6.45, 7) is 3.16. The number of hydrogen-bond acceptors (Lipinski definition) is 4. The van der Waals surface area contributed by atoms with Crippen molar-refractivity contribution in [3.05, 3.63) is 0 Å². The fraction of sp³-hybridized carbons (Fsp3) is 1.00. The Morgan fingerprint density at radius 2 is 1.88 bits per heavy atom. The van der Waals surface area contributed by atoms with Crippen LogP contribution in [0.2, 0.25) is 0 Å². The van der Waals surface area contributed by atoms with Crippen LogP contribution in [0.1, 0.15) is 25.7 Å². The smallest absolute Gasteiger partial charge is 0.0607 e. The Kier molecular flexibility index (Phi) is 4.08. The van der Waals surface area contributed by atoms with Crippen molar-refractivity contribution in [3.8, 4) is 0 Å². The van der Waals surface area contributed by atoms with E-state index >= 15 is 0 Å². The van der Waals surface area contributed by atoms with E-state index in [0.29, 0.717) is 6.10 Å². The summed E-state index contributed by atoms with van der Waals surface area (Å²) in [6.07, 6.45) is 5.21. The van der Waals surface area contributed by atoms with Gasteiger partial charge in [0.1, 0.15) is 0 Å². The van der Waals surface area contributed by atoms with Gasteiger partial charge >= 0.3 is 0 Å². The van der Waals surface area contributed by atoms with Gasteiger partial charge in [0.15, 0.2) is 0 Å². The van der Waals surface area contributed by atoms with Crippen LogP contribution in [-0.2, 0) is 4.74 Å². The minimum Gasteiger partial charge on any atom is -0.381 e. The van der Waals surface area contributed by atoms with Crippen LogP contribution >= 0.6 is 0 Å². The highest BCUT2D eigenvalue weighted by atomic mass is 16.5. The molecule has 2 N–H and O–H groups in total. The van der Waals surface area contributed by atoms with Gasteiger partial charge in [-0.15, -0.1) is 0 Å². The minimum atomic E-state index is 0.248. The normalized spacial score (nSPS) is 36.2. The maximum atomic E-state index is 6.00. The van der Waals surface area contributed by atoms with Crippen LogP contribution in [0.5, 0.6) is 0 Å². The van der Waals surface area contributed by atoms with E-state index in [1.165, 1.54) is 25.9 Å². The molecule has 0 radical (unpaired) electrons. The molecule has 1 saturated heterocycles. The van der Waals surface area contributed by atoms with Gasteiger partial charge in [-0.25, -0.2) is 0 Å². The van der Waals surface area contributed by atoms with E-state index < -0.39 is 0 Å². The van der Waals surface area contributed by atoms with Crippen molar-refractivity contribution in [2.24, 2.45) is 5.73 Å². The minimum absolute atomic E-state index is 0.248. The lowest BCUT2D eigenvalue weighted by molar-refractivity contribution is -0.0969. The average Bonchev–Trinajstić information content (AvgIpc) is 2.29. The second-order valence-corrected chi connectivity index (χ2v) is 5.88. The first-order valence-corrected chi connectivity index (χ1v) is 6.75. The van der Waals surface area contributed by atoms with E-state index in [0.717, 1.165) is 25.4 Å². The molecule has 0 aromatic carbocycles. The van der Waals surface area contributed by atoms with Crippen molar-refractivity contribution in [3.63, 3.8) is 0 Å². The van der Waals surface area contributed by atoms with Gasteiger partial charge < -0.3 is 15.4 Å². The predicted octanol–water partition coefficient (Wildman–Crippen LogP) is 0.519. The summed E-state index contributed by atoms with van der Waals surface area (Å²) in [5.74, 6) is 0. The highest BCUT2D eigenvalue weighted by molar-refractivity contribution is 5.05. The molecule has 0 aromatic rings. The van der Waals surface area contributed by atoms with Gasteiger partial charge in [-0.3, -0.25) is 4.90 Å². The topological polar surface area (TPSA) is 41.7 Å². The average molecular weight is 241 g/mol. The number of piperidine rings is 1. The second-order valence-electron chi connectivity index (χ2n) is 5.88. The molecule has 1 aliphatic carbocycles. The van der Waals surface area contributed by atoms with Crippen LogP contribution in [0.25, 0.3) is 0 Å². The van der Waals surface area contributed by atoms with Crippen molar-refractivity contribution in [2.45, 2.75) is 43.4 Å². The highest BCUT2D eigenvalue weighted by Crippen LogP contribution is 2.40. The van der Waals surface area contributed by atoms with Crippen LogP contribution in [0, 0.1) is 0 Å². The van der Waals surface area contributed by atoms with Gasteiger partial charge in [0.2, 0.25) is 0 Å². The van der Waals surface area contributed by atoms with Crippen molar-refractivity contribution in [1.82, 2.24) is 9.80 Å². The van der Waals surface area contributed by atoms with Gasteiger partial charge in [0.25, 0.3) is 0 Å². The number of ether oxygens (including phenoxy) is 1. The Labute approximate surface area is 105 Å². The Bertz CT molecular complexity index is 243. The summed E-state index contributed by atoms with van der Waals surface area (Å²) in [6, 6.07) is 0.749. The molecule has 0 atom stereocenters. The highest BCUT2D eigenvalue weighted by Gasteiger charge is 2.48. The van der Waals surface area contributed by atoms with Crippen molar-refractivity contribution in [2.75, 3.05) is 40.8 Å². The third-order valence-corrected chi connectivity index (χ3v) is 4.79. The van der Waals surface area contributed by atoms with Gasteiger partial charge in [-0.2, -0.15) is 0 Å². The summed E-state index contributed by atoms with van der Waals surface area (Å²) in [5.41, 5.74) is 6.25. The maximum absolute atomic E-state index is 6.00. The number of nitrogens with two attached hydrogens (primary N) is 1. The summed E-state index contributed by atoms with van der Waals surface area (Å²) < 4.78 is 5.40. The maximum Gasteiger partial charge on any atom is 0.0607 e. The SMILES string of the molecule is COC1CC(CN)(N2CCC(N(C)C)CC2)C1. The van der Waals surface area contributed by atoms with E-state index in [9.17, 15) is 0 Å². The lowest BCUT2D eigenvalue weighted by atomic mass is 9.72. The molecule has 0 unspecified atom stereocenters. The predicted molar refractivity (Wildman–Crippen MR) is 70.1 cm³/mol. The first-order valence-electron chi connectivity index (χ1n) is 6.75. The molecule has 0 amide bonds. The number of nitrogens with zero attached hydrogens (tertiary/aromatic N) is 2. The number of rotatable bonds is 4. The molecular weight excluding hydrogens is 214 g/mol. The van der Waals surface area contributed by atoms with Crippen LogP contribution in [-0.4, -0.2) is 68.3 Å². The molecule has 2 rings (SSSR count). The van der Waals surface area contributed by atoms with E-state index in [1.807, 2.05) is 7.11 Å². The molecule has 0 bridgehead atoms. The van der Waals surface area contributed by atoms with Gasteiger partial charge in [0.05, 0.1) is 6.10 Å². The van der Waals surface area contributed by atoms with Crippen LogP contribution in [0.3, 0.4) is 0 Å². The Hall–Kier alpha value is -0.160. The molecule has 2 fully saturated rings. The Balaban J connectivity index is 1.87. The fourth-order valence-corrected chi connectivity index (χ4v) is 3.37. The summed E-state index contributed by atoms with van der Waals surface area (Å²) >= 11 is 0. The lowest BCUT2D eigenvalue weighted by Crippen LogP contribution is -2.65. The van der Waals surface area contributed by atoms with E-state index in [4.69, 9.17) is 10.5 Å². The van der Waals surface area contributed by atoms with Gasteiger partial charge in [-0.05, 0) is 39.8 Å². The molecule has 17 heavy (non-hydrogen) atoms. The zero-order valence-corrected chi connectivity index (χ0v) is 11.5. The van der Waals surface area contributed by atoms with Crippen molar-refractivity contribution in [1.29, 1.82) is 0 Å². The van der Waals surface area contributed by atoms with Gasteiger partial charge in [-0.1, -0.05) is 0 Å². The first-order chi connectivity index (χ1) is 8.11. The van der Waals surface area contributed by atoms with Crippen molar-refractivity contribution < 1.29 is 4.74 Å². The molecule has 2 aliphatic rings. The largest absolute Gasteiger partial charge is 0.381 e. The fourth-order valence-electron chi connectivity index (χ4n) is 3.37. The third-order valence-electron chi connectivity index (χ3n) is 4.79. The number of hydrogen-bond donors (Lipinski definition) is 1. The monoisotopic (exact) mass is 241 g/mol. The summed E-state index contributed by atoms with van der Waals surface area (Å²) in [5, 5.41) is 0. The first kappa shape index (κ1) is 13.3. The zero-order chi connectivity index (χ0) is 12.5. The Morgan fingerprint density at radius 3 is 2.29 bits per heavy atom. The van der Waals surface area contributed by atoms with E-state index in [2.05, 4.69) is 23.9 Å². The lowest BCUT2D eigenvalue weighted by Gasteiger charge is -2.55. The molecule has 4 heteroatoms. The van der Waals surface area contributed by atoms with Crippen LogP contribution < -0.4 is 5.73 Å². The molecule has 1 aliphatic heterocycles. The molecular formula is C13H27N3O. The molecule has 0 spiro atoms. The Morgan fingerprint density at radius 1 is 1.29 bits per heavy atom. The van der Waals surface area contributed by atoms with E-state index in [1.54, 1.807) is 0 Å². The van der Waals surface area contributed by atoms with Crippen LogP contribution in [0.15, 0.2) is 0 Å². The molecule has 4 nitrogen and oxygen atoms in total. The number of likely N-dealkylation sites (tertiary alicyclic amines) is 1. The standard InChI is InChI=1S/C13H27N3O/c1-15(2)11-4-6-16(7-5-11)13(10-14)8-12(9-13)17-3/h11-12H,4-10,14H2,1-3H3. The second kappa shape index (κ2) is 5.22.